The molecule has 3 aromatic carbocycles. The minimum atomic E-state index is -1.29. The van der Waals surface area contributed by atoms with Crippen LogP contribution in [-0.2, 0) is 9.59 Å². The Morgan fingerprint density at radius 1 is 0.871 bits per heavy atom. The average molecular weight is 419 g/mol. The summed E-state index contributed by atoms with van der Waals surface area (Å²) in [6.07, 6.45) is 1.85. The molecule has 0 saturated carbocycles. The van der Waals surface area contributed by atoms with Crippen molar-refractivity contribution in [2.75, 3.05) is 6.61 Å². The third-order valence-corrected chi connectivity index (χ3v) is 4.65. The van der Waals surface area contributed by atoms with E-state index < -0.39 is 12.6 Å². The number of hydrogen-bond acceptors (Lipinski definition) is 4. The van der Waals surface area contributed by atoms with E-state index in [0.29, 0.717) is 17.0 Å². The number of carboxylic acid groups (broad SMARTS) is 1. The summed E-state index contributed by atoms with van der Waals surface area (Å²) in [7, 11) is 0. The van der Waals surface area contributed by atoms with Crippen LogP contribution in [0.15, 0.2) is 90.6 Å². The van der Waals surface area contributed by atoms with Gasteiger partial charge in [-0.25, -0.2) is 0 Å². The van der Waals surface area contributed by atoms with Crippen LogP contribution >= 0.6 is 0 Å². The fraction of sp³-hybridized carbons (Fsp3) is 0.0400. The first-order valence-corrected chi connectivity index (χ1v) is 9.43. The largest absolute Gasteiger partial charge is 1.00 e. The Balaban J connectivity index is 0.00000272. The fourth-order valence-electron chi connectivity index (χ4n) is 3.39. The van der Waals surface area contributed by atoms with Crippen LogP contribution in [0.25, 0.3) is 17.2 Å². The van der Waals surface area contributed by atoms with Gasteiger partial charge in [0.2, 0.25) is 0 Å². The number of allylic oxidation sites excluding steroid dienone is 1. The second kappa shape index (κ2) is 10.3. The van der Waals surface area contributed by atoms with Gasteiger partial charge in [-0.1, -0.05) is 72.8 Å². The fourth-order valence-corrected chi connectivity index (χ4v) is 3.39. The van der Waals surface area contributed by atoms with Gasteiger partial charge < -0.3 is 20.0 Å². The Hall–Kier alpha value is -3.12. The molecular formula is C25H18NNaO4. The van der Waals surface area contributed by atoms with Crippen molar-refractivity contribution in [3.05, 3.63) is 107 Å². The summed E-state index contributed by atoms with van der Waals surface area (Å²) in [4.78, 5) is 23.5. The van der Waals surface area contributed by atoms with E-state index in [1.807, 2.05) is 72.8 Å². The molecule has 31 heavy (non-hydrogen) atoms. The number of aliphatic carboxylic acids is 1. The first-order valence-electron chi connectivity index (χ1n) is 9.43. The Labute approximate surface area is 202 Å². The predicted octanol–water partition coefficient (Wildman–Crippen LogP) is -0.0990. The van der Waals surface area contributed by atoms with Gasteiger partial charge in [-0.15, -0.1) is 0 Å². The van der Waals surface area contributed by atoms with Gasteiger partial charge >= 0.3 is 29.6 Å². The summed E-state index contributed by atoms with van der Waals surface area (Å²) in [6.45, 7) is -0.524. The van der Waals surface area contributed by atoms with Crippen molar-refractivity contribution in [2.45, 2.75) is 0 Å². The summed E-state index contributed by atoms with van der Waals surface area (Å²) in [6, 6.07) is 26.3. The van der Waals surface area contributed by atoms with Gasteiger partial charge in [-0.2, -0.15) is 0 Å². The molecule has 1 N–H and O–H groups in total. The molecule has 6 heteroatoms. The van der Waals surface area contributed by atoms with E-state index in [9.17, 15) is 14.7 Å². The van der Waals surface area contributed by atoms with Gasteiger partial charge in [0, 0.05) is 5.57 Å². The van der Waals surface area contributed by atoms with Crippen LogP contribution in [0.4, 0.5) is 0 Å². The van der Waals surface area contributed by atoms with Crippen molar-refractivity contribution in [1.29, 1.82) is 0 Å². The third kappa shape index (κ3) is 5.33. The summed E-state index contributed by atoms with van der Waals surface area (Å²) in [5.74, 6) is -1.05. The minimum Gasteiger partial charge on any atom is -0.546 e. The van der Waals surface area contributed by atoms with Gasteiger partial charge in [0.25, 0.3) is 5.91 Å². The van der Waals surface area contributed by atoms with E-state index >= 15 is 0 Å². The topological polar surface area (TPSA) is 78.5 Å². The molecule has 0 spiro atoms. The Kier molecular flexibility index (Phi) is 7.47. The van der Waals surface area contributed by atoms with Crippen molar-refractivity contribution in [3.63, 3.8) is 0 Å². The number of carboxylic acids is 1. The number of ether oxygens (including phenoxy) is 1. The number of carbonyl (C=O) groups is 2. The second-order valence-electron chi connectivity index (χ2n) is 6.73. The van der Waals surface area contributed by atoms with Crippen LogP contribution < -0.4 is 44.7 Å². The zero-order valence-corrected chi connectivity index (χ0v) is 19.0. The summed E-state index contributed by atoms with van der Waals surface area (Å²) in [5, 5.41) is 13.6. The maximum absolute atomic E-state index is 12.9. The predicted molar refractivity (Wildman–Crippen MR) is 113 cm³/mol. The number of rotatable bonds is 6. The normalized spacial score (nSPS) is 14.2. The van der Waals surface area contributed by atoms with E-state index in [4.69, 9.17) is 4.74 Å². The minimum absolute atomic E-state index is 0. The molecule has 4 rings (SSSR count). The molecule has 5 nitrogen and oxygen atoms in total. The standard InChI is InChI=1S/C25H19NO4.Na/c27-22(28)16-30-20-13-7-8-17(14-20)15-21-23(18-9-3-1-4-10-18)24(25(29)26-21)19-11-5-2-6-12-19;/h1-15H,16H2,(H,26,29)(H,27,28);/q;+1/p-1. The van der Waals surface area contributed by atoms with E-state index in [-0.39, 0.29) is 35.5 Å². The van der Waals surface area contributed by atoms with E-state index in [1.54, 1.807) is 18.2 Å². The van der Waals surface area contributed by atoms with Crippen molar-refractivity contribution in [3.8, 4) is 5.75 Å². The molecule has 0 aromatic heterocycles. The molecule has 0 aliphatic carbocycles. The van der Waals surface area contributed by atoms with Crippen LogP contribution in [-0.4, -0.2) is 18.5 Å². The molecule has 0 bridgehead atoms. The molecule has 1 amide bonds. The number of benzene rings is 3. The SMILES string of the molecule is O=C([O-])COc1cccc(C=C2NC(=O)C(c3ccccc3)=C2c2ccccc2)c1.[Na+]. The molecule has 3 aromatic rings. The summed E-state index contributed by atoms with van der Waals surface area (Å²) in [5.41, 5.74) is 4.62. The molecule has 1 aliphatic rings. The molecule has 1 heterocycles. The molecular weight excluding hydrogens is 401 g/mol. The van der Waals surface area contributed by atoms with Crippen molar-refractivity contribution in [2.24, 2.45) is 0 Å². The van der Waals surface area contributed by atoms with Crippen molar-refractivity contribution < 1.29 is 49.0 Å². The first kappa shape index (κ1) is 22.6. The number of hydrogen-bond donors (Lipinski definition) is 1. The summed E-state index contributed by atoms with van der Waals surface area (Å²) >= 11 is 0. The molecule has 1 aliphatic heterocycles. The average Bonchev–Trinajstić information content (AvgIpc) is 3.09. The van der Waals surface area contributed by atoms with Crippen LogP contribution in [0.2, 0.25) is 0 Å². The molecule has 0 fully saturated rings. The smallest absolute Gasteiger partial charge is 0.546 e. The van der Waals surface area contributed by atoms with Gasteiger partial charge in [-0.05, 0) is 34.9 Å². The maximum atomic E-state index is 12.9. The van der Waals surface area contributed by atoms with E-state index in [1.165, 1.54) is 0 Å². The number of carbonyl (C=O) groups excluding carboxylic acids is 2. The third-order valence-electron chi connectivity index (χ3n) is 4.65. The Morgan fingerprint density at radius 2 is 1.48 bits per heavy atom. The quantitative estimate of drug-likeness (QED) is 0.566. The van der Waals surface area contributed by atoms with Gasteiger partial charge in [0.1, 0.15) is 12.4 Å². The van der Waals surface area contributed by atoms with E-state index in [0.717, 1.165) is 22.3 Å². The van der Waals surface area contributed by atoms with Crippen LogP contribution in [0.3, 0.4) is 0 Å². The van der Waals surface area contributed by atoms with Crippen LogP contribution in [0.5, 0.6) is 5.75 Å². The second-order valence-corrected chi connectivity index (χ2v) is 6.73. The van der Waals surface area contributed by atoms with Gasteiger partial charge in [-0.3, -0.25) is 4.79 Å². The van der Waals surface area contributed by atoms with Gasteiger partial charge in [0.05, 0.1) is 17.2 Å². The Bertz CT molecular complexity index is 1150. The molecule has 0 atom stereocenters. The summed E-state index contributed by atoms with van der Waals surface area (Å²) < 4.78 is 5.20. The zero-order valence-electron chi connectivity index (χ0n) is 17.0. The molecule has 0 radical (unpaired) electrons. The van der Waals surface area contributed by atoms with Crippen molar-refractivity contribution >= 4 is 29.1 Å². The number of amides is 1. The van der Waals surface area contributed by atoms with Crippen molar-refractivity contribution in [1.82, 2.24) is 5.32 Å². The Morgan fingerprint density at radius 3 is 2.10 bits per heavy atom. The molecule has 0 saturated heterocycles. The molecule has 148 valence electrons. The number of nitrogens with one attached hydrogen (secondary N) is 1. The van der Waals surface area contributed by atoms with Crippen LogP contribution in [0.1, 0.15) is 16.7 Å². The zero-order chi connectivity index (χ0) is 20.9. The first-order chi connectivity index (χ1) is 14.6. The molecule has 0 unspecified atom stereocenters. The monoisotopic (exact) mass is 419 g/mol. The maximum Gasteiger partial charge on any atom is 1.00 e. The van der Waals surface area contributed by atoms with E-state index in [2.05, 4.69) is 5.32 Å². The van der Waals surface area contributed by atoms with Gasteiger partial charge in [0.15, 0.2) is 0 Å². The van der Waals surface area contributed by atoms with Crippen LogP contribution in [0, 0.1) is 0 Å².